The molecule has 4 heteroatoms. The van der Waals surface area contributed by atoms with Crippen molar-refractivity contribution < 1.29 is 4.79 Å². The van der Waals surface area contributed by atoms with Crippen molar-refractivity contribution in [2.24, 2.45) is 0 Å². The van der Waals surface area contributed by atoms with E-state index in [9.17, 15) is 4.79 Å². The van der Waals surface area contributed by atoms with Crippen LogP contribution in [0.4, 0.5) is 5.69 Å². The van der Waals surface area contributed by atoms with Crippen molar-refractivity contribution in [2.75, 3.05) is 11.4 Å². The van der Waals surface area contributed by atoms with Crippen LogP contribution < -0.4 is 10.2 Å². The molecule has 2 aromatic carbocycles. The molecule has 128 valence electrons. The molecule has 1 amide bonds. The Labute approximate surface area is 156 Å². The van der Waals surface area contributed by atoms with Crippen LogP contribution >= 0.6 is 15.9 Å². The van der Waals surface area contributed by atoms with Crippen LogP contribution in [0.25, 0.3) is 6.08 Å². The number of para-hydroxylation sites is 1. The van der Waals surface area contributed by atoms with Gasteiger partial charge in [-0.25, -0.2) is 0 Å². The second-order valence-corrected chi connectivity index (χ2v) is 8.16. The Morgan fingerprint density at radius 3 is 2.60 bits per heavy atom. The number of fused-ring (bicyclic) bond motifs is 3. The van der Waals surface area contributed by atoms with Gasteiger partial charge in [0.05, 0.1) is 0 Å². The van der Waals surface area contributed by atoms with Crippen molar-refractivity contribution in [1.82, 2.24) is 5.32 Å². The number of halogens is 1. The molecule has 1 atom stereocenters. The lowest BCUT2D eigenvalue weighted by Gasteiger charge is -2.49. The van der Waals surface area contributed by atoms with E-state index >= 15 is 0 Å². The molecule has 0 aromatic heterocycles. The van der Waals surface area contributed by atoms with Gasteiger partial charge in [0.15, 0.2) is 0 Å². The number of nitrogens with one attached hydrogen (secondary N) is 1. The summed E-state index contributed by atoms with van der Waals surface area (Å²) in [6.07, 6.45) is 4.80. The molecule has 0 saturated carbocycles. The van der Waals surface area contributed by atoms with E-state index in [1.807, 2.05) is 12.1 Å². The molecule has 2 heterocycles. The van der Waals surface area contributed by atoms with Crippen LogP contribution in [-0.2, 0) is 10.2 Å². The lowest BCUT2D eigenvalue weighted by Crippen LogP contribution is -2.68. The van der Waals surface area contributed by atoms with Gasteiger partial charge in [0.25, 0.3) is 0 Å². The van der Waals surface area contributed by atoms with Crippen molar-refractivity contribution in [3.63, 3.8) is 0 Å². The van der Waals surface area contributed by atoms with Crippen molar-refractivity contribution in [3.05, 3.63) is 70.2 Å². The summed E-state index contributed by atoms with van der Waals surface area (Å²) in [5, 5.41) is 3.30. The Kier molecular flexibility index (Phi) is 3.76. The van der Waals surface area contributed by atoms with Gasteiger partial charge in [-0.3, -0.25) is 4.79 Å². The van der Waals surface area contributed by atoms with Crippen molar-refractivity contribution in [2.45, 2.75) is 31.3 Å². The van der Waals surface area contributed by atoms with Crippen LogP contribution in [0.3, 0.4) is 0 Å². The monoisotopic (exact) mass is 396 g/mol. The molecule has 0 bridgehead atoms. The Balaban J connectivity index is 1.83. The van der Waals surface area contributed by atoms with Gasteiger partial charge in [0.2, 0.25) is 5.91 Å². The molecule has 1 fully saturated rings. The molecule has 3 nitrogen and oxygen atoms in total. The van der Waals surface area contributed by atoms with E-state index < -0.39 is 5.66 Å². The summed E-state index contributed by atoms with van der Waals surface area (Å²) >= 11 is 3.47. The minimum Gasteiger partial charge on any atom is -0.344 e. The highest BCUT2D eigenvalue weighted by Gasteiger charge is 2.57. The van der Waals surface area contributed by atoms with Crippen LogP contribution in [0.15, 0.2) is 59.1 Å². The third-order valence-electron chi connectivity index (χ3n) is 5.53. The first-order chi connectivity index (χ1) is 11.9. The van der Waals surface area contributed by atoms with Crippen LogP contribution in [-0.4, -0.2) is 18.1 Å². The van der Waals surface area contributed by atoms with E-state index in [2.05, 4.69) is 88.5 Å². The van der Waals surface area contributed by atoms with Crippen molar-refractivity contribution >= 4 is 33.6 Å². The minimum absolute atomic E-state index is 0.109. The smallest absolute Gasteiger partial charge is 0.223 e. The molecular weight excluding hydrogens is 376 g/mol. The summed E-state index contributed by atoms with van der Waals surface area (Å²) in [6.45, 7) is 5.16. The van der Waals surface area contributed by atoms with Crippen LogP contribution in [0, 0.1) is 0 Å². The summed E-state index contributed by atoms with van der Waals surface area (Å²) in [5.41, 5.74) is 2.83. The fourth-order valence-electron chi connectivity index (χ4n) is 4.11. The zero-order valence-corrected chi connectivity index (χ0v) is 16.0. The molecule has 2 aliphatic heterocycles. The minimum atomic E-state index is -0.543. The maximum absolute atomic E-state index is 12.3. The van der Waals surface area contributed by atoms with E-state index in [4.69, 9.17) is 0 Å². The average Bonchev–Trinajstić information content (AvgIpc) is 2.79. The molecule has 4 rings (SSSR count). The summed E-state index contributed by atoms with van der Waals surface area (Å²) < 4.78 is 1.06. The predicted octanol–water partition coefficient (Wildman–Crippen LogP) is 4.48. The number of rotatable bonds is 2. The molecule has 1 N–H and O–H groups in total. The van der Waals surface area contributed by atoms with E-state index in [1.165, 1.54) is 11.3 Å². The molecule has 2 aromatic rings. The van der Waals surface area contributed by atoms with Gasteiger partial charge in [-0.1, -0.05) is 66.2 Å². The lowest BCUT2D eigenvalue weighted by molar-refractivity contribution is -0.124. The fraction of sp³-hybridized carbons (Fsp3) is 0.286. The number of nitrogens with zero attached hydrogens (tertiary/aromatic N) is 1. The Hall–Kier alpha value is -2.07. The van der Waals surface area contributed by atoms with Crippen LogP contribution in [0.1, 0.15) is 31.4 Å². The zero-order valence-electron chi connectivity index (χ0n) is 14.4. The number of amides is 1. The van der Waals surface area contributed by atoms with Gasteiger partial charge >= 0.3 is 0 Å². The number of anilines is 1. The summed E-state index contributed by atoms with van der Waals surface area (Å²) in [5.74, 6) is 0.109. The quantitative estimate of drug-likeness (QED) is 0.811. The van der Waals surface area contributed by atoms with Crippen LogP contribution in [0.5, 0.6) is 0 Å². The number of hydrogen-bond acceptors (Lipinski definition) is 2. The second-order valence-electron chi connectivity index (χ2n) is 7.24. The number of carbonyl (C=O) groups is 1. The fourth-order valence-corrected chi connectivity index (χ4v) is 4.37. The predicted molar refractivity (Wildman–Crippen MR) is 105 cm³/mol. The average molecular weight is 397 g/mol. The van der Waals surface area contributed by atoms with E-state index in [1.54, 1.807) is 0 Å². The third kappa shape index (κ3) is 2.43. The standard InChI is InChI=1S/C21H21BrN2O/c1-20(2)17-5-3-4-6-18(17)24-14-12-19(25)23-21(20,24)13-11-15-7-9-16(22)10-8-15/h3-11,13H,12,14H2,1-2H3,(H,23,25)/b13-11+/t21-/m1/s1. The molecule has 25 heavy (non-hydrogen) atoms. The van der Waals surface area contributed by atoms with E-state index in [0.717, 1.165) is 16.6 Å². The molecule has 0 aliphatic carbocycles. The van der Waals surface area contributed by atoms with E-state index in [0.29, 0.717) is 6.42 Å². The Bertz CT molecular complexity index is 856. The van der Waals surface area contributed by atoms with Gasteiger partial charge in [-0.15, -0.1) is 0 Å². The summed E-state index contributed by atoms with van der Waals surface area (Å²) in [6, 6.07) is 16.7. The number of hydrogen-bond donors (Lipinski definition) is 1. The third-order valence-corrected chi connectivity index (χ3v) is 6.05. The zero-order chi connectivity index (χ0) is 17.7. The van der Waals surface area contributed by atoms with Gasteiger partial charge < -0.3 is 10.2 Å². The van der Waals surface area contributed by atoms with Gasteiger partial charge in [0, 0.05) is 28.5 Å². The molecular formula is C21H21BrN2O. The molecule has 1 saturated heterocycles. The second kappa shape index (κ2) is 5.73. The maximum atomic E-state index is 12.3. The maximum Gasteiger partial charge on any atom is 0.223 e. The van der Waals surface area contributed by atoms with Crippen molar-refractivity contribution in [3.8, 4) is 0 Å². The molecule has 2 aliphatic rings. The first kappa shape index (κ1) is 16.4. The van der Waals surface area contributed by atoms with Crippen LogP contribution in [0.2, 0.25) is 0 Å². The van der Waals surface area contributed by atoms with Gasteiger partial charge in [-0.05, 0) is 35.4 Å². The van der Waals surface area contributed by atoms with E-state index in [-0.39, 0.29) is 11.3 Å². The van der Waals surface area contributed by atoms with Gasteiger partial charge in [-0.2, -0.15) is 0 Å². The number of carbonyl (C=O) groups excluding carboxylic acids is 1. The Morgan fingerprint density at radius 2 is 1.84 bits per heavy atom. The first-order valence-corrected chi connectivity index (χ1v) is 9.36. The largest absolute Gasteiger partial charge is 0.344 e. The topological polar surface area (TPSA) is 32.3 Å². The molecule has 0 radical (unpaired) electrons. The highest BCUT2D eigenvalue weighted by Crippen LogP contribution is 2.52. The first-order valence-electron chi connectivity index (χ1n) is 8.57. The summed E-state index contributed by atoms with van der Waals surface area (Å²) in [4.78, 5) is 14.7. The highest BCUT2D eigenvalue weighted by molar-refractivity contribution is 9.10. The lowest BCUT2D eigenvalue weighted by atomic mass is 9.74. The van der Waals surface area contributed by atoms with Crippen molar-refractivity contribution in [1.29, 1.82) is 0 Å². The SMILES string of the molecule is CC1(C)c2ccccc2N2CCC(=O)N[C@]21/C=C/c1ccc(Br)cc1. The highest BCUT2D eigenvalue weighted by atomic mass is 79.9. The normalized spacial score (nSPS) is 24.1. The molecule has 0 unspecified atom stereocenters. The Morgan fingerprint density at radius 1 is 1.12 bits per heavy atom. The molecule has 0 spiro atoms. The number of benzene rings is 2. The van der Waals surface area contributed by atoms with Gasteiger partial charge in [0.1, 0.15) is 5.66 Å². The summed E-state index contributed by atoms with van der Waals surface area (Å²) in [7, 11) is 0.